The predicted octanol–water partition coefficient (Wildman–Crippen LogP) is 0.0897. The molecule has 0 spiro atoms. The van der Waals surface area contributed by atoms with Crippen LogP contribution in [0.2, 0.25) is 5.28 Å². The number of anilines is 2. The molecule has 4 heterocycles. The molecular formula is C22H37ClN10O3. The molecule has 0 aliphatic carbocycles. The zero-order chi connectivity index (χ0) is 26.2. The van der Waals surface area contributed by atoms with Gasteiger partial charge in [0.1, 0.15) is 0 Å². The van der Waals surface area contributed by atoms with E-state index in [1.165, 1.54) is 11.6 Å². The van der Waals surface area contributed by atoms with Gasteiger partial charge in [-0.25, -0.2) is 9.89 Å². The van der Waals surface area contributed by atoms with Gasteiger partial charge in [-0.2, -0.15) is 0 Å². The van der Waals surface area contributed by atoms with E-state index < -0.39 is 5.69 Å². The molecule has 2 aromatic heterocycles. The van der Waals surface area contributed by atoms with E-state index in [9.17, 15) is 14.4 Å². The van der Waals surface area contributed by atoms with Crippen LogP contribution in [0.4, 0.5) is 11.6 Å². The molecule has 2 aromatic rings. The minimum Gasteiger partial charge on any atom is -0.360 e. The number of aromatic nitrogens is 6. The Kier molecular flexibility index (Phi) is 10.0. The summed E-state index contributed by atoms with van der Waals surface area (Å²) in [6.07, 6.45) is 4.30. The molecule has 0 aromatic carbocycles. The fourth-order valence-corrected chi connectivity index (χ4v) is 4.53. The second kappa shape index (κ2) is 13.0. The van der Waals surface area contributed by atoms with Gasteiger partial charge in [0.15, 0.2) is 0 Å². The number of halogens is 1. The summed E-state index contributed by atoms with van der Waals surface area (Å²) in [5.74, 6) is 0.505. The van der Waals surface area contributed by atoms with Crippen molar-refractivity contribution in [2.45, 2.75) is 51.6 Å². The quantitative estimate of drug-likeness (QED) is 0.475. The van der Waals surface area contributed by atoms with E-state index in [0.29, 0.717) is 0 Å². The van der Waals surface area contributed by atoms with E-state index >= 15 is 0 Å². The van der Waals surface area contributed by atoms with E-state index in [0.717, 1.165) is 69.5 Å². The molecule has 13 nitrogen and oxygen atoms in total. The highest BCUT2D eigenvalue weighted by molar-refractivity contribution is 6.28. The number of nitrogens with one attached hydrogen (secondary N) is 3. The van der Waals surface area contributed by atoms with Crippen LogP contribution in [0.15, 0.2) is 14.4 Å². The molecule has 0 saturated carbocycles. The van der Waals surface area contributed by atoms with E-state index in [-0.39, 0.29) is 40.1 Å². The minimum atomic E-state index is -0.496. The maximum Gasteiger partial charge on any atom is 0.344 e. The number of piperidine rings is 2. The maximum atomic E-state index is 11.9. The van der Waals surface area contributed by atoms with Gasteiger partial charge < -0.3 is 20.4 Å². The van der Waals surface area contributed by atoms with Gasteiger partial charge in [-0.15, -0.1) is 15.3 Å². The molecule has 0 bridgehead atoms. The molecule has 0 amide bonds. The topological polar surface area (TPSA) is 146 Å². The number of likely N-dealkylation sites (N-methyl/N-ethyl adjacent to an activating group) is 2. The fraction of sp³-hybridized carbons (Fsp3) is 0.727. The summed E-state index contributed by atoms with van der Waals surface area (Å²) in [6, 6.07) is 0.465. The van der Waals surface area contributed by atoms with Crippen molar-refractivity contribution >= 4 is 23.2 Å². The van der Waals surface area contributed by atoms with Crippen molar-refractivity contribution in [2.75, 3.05) is 49.9 Å². The van der Waals surface area contributed by atoms with Crippen LogP contribution in [0, 0.1) is 0 Å². The summed E-state index contributed by atoms with van der Waals surface area (Å²) in [4.78, 5) is 39.6. The van der Waals surface area contributed by atoms with Gasteiger partial charge in [-0.1, -0.05) is 13.8 Å². The van der Waals surface area contributed by atoms with Crippen molar-refractivity contribution in [3.05, 3.63) is 36.5 Å². The molecule has 3 N–H and O–H groups in total. The van der Waals surface area contributed by atoms with Crippen LogP contribution >= 0.6 is 11.6 Å². The second-order valence-corrected chi connectivity index (χ2v) is 9.51. The van der Waals surface area contributed by atoms with Gasteiger partial charge in [0.2, 0.25) is 16.9 Å². The van der Waals surface area contributed by atoms with Crippen LogP contribution in [0.3, 0.4) is 0 Å². The molecule has 2 saturated heterocycles. The minimum absolute atomic E-state index is 0.101. The average molecular weight is 525 g/mol. The second-order valence-electron chi connectivity index (χ2n) is 9.18. The van der Waals surface area contributed by atoms with Crippen LogP contribution in [0.25, 0.3) is 0 Å². The number of aromatic amines is 1. The molecular weight excluding hydrogens is 488 g/mol. The van der Waals surface area contributed by atoms with Crippen molar-refractivity contribution in [1.29, 1.82) is 0 Å². The third-order valence-electron chi connectivity index (χ3n) is 6.68. The number of nitrogens with zero attached hydrogens (tertiary/aromatic N) is 7. The van der Waals surface area contributed by atoms with Crippen molar-refractivity contribution in [2.24, 2.45) is 14.1 Å². The van der Waals surface area contributed by atoms with Gasteiger partial charge >= 0.3 is 5.69 Å². The summed E-state index contributed by atoms with van der Waals surface area (Å²) in [7, 11) is 3.02. The highest BCUT2D eigenvalue weighted by atomic mass is 35.5. The van der Waals surface area contributed by atoms with E-state index in [1.807, 2.05) is 0 Å². The molecule has 2 fully saturated rings. The van der Waals surface area contributed by atoms with Crippen molar-refractivity contribution in [3.8, 4) is 0 Å². The maximum absolute atomic E-state index is 11.9. The number of H-pyrrole nitrogens is 1. The molecule has 2 aliphatic rings. The number of likely N-dealkylation sites (tertiary alicyclic amines) is 2. The van der Waals surface area contributed by atoms with Gasteiger partial charge in [0.05, 0.1) is 0 Å². The standard InChI is InChI=1S/C11H18ClN5O.C11H19N5O2/c1-3-17-6-4-5-8(7-17)13-9-10(18)16(2)11(12)15-14-9;1-3-16-6-4-5-8(7-16)12-9-10(17)15(2)11(18)14-13-9/h8H,3-7H2,1-2H3,(H,13,14);8H,3-7H2,1-2H3,(H,12,13)(H,14,18)/t2*8-/m11/s1. The van der Waals surface area contributed by atoms with Gasteiger partial charge in [-0.3, -0.25) is 18.7 Å². The van der Waals surface area contributed by atoms with Crippen molar-refractivity contribution in [3.63, 3.8) is 0 Å². The first-order chi connectivity index (χ1) is 17.2. The van der Waals surface area contributed by atoms with Crippen LogP contribution in [0.5, 0.6) is 0 Å². The lowest BCUT2D eigenvalue weighted by Gasteiger charge is -2.32. The molecule has 2 aliphatic heterocycles. The highest BCUT2D eigenvalue weighted by Gasteiger charge is 2.21. The Morgan fingerprint density at radius 1 is 0.861 bits per heavy atom. The third-order valence-corrected chi connectivity index (χ3v) is 7.01. The molecule has 0 radical (unpaired) electrons. The van der Waals surface area contributed by atoms with E-state index in [2.05, 4.69) is 54.7 Å². The Hall–Kier alpha value is -2.77. The lowest BCUT2D eigenvalue weighted by molar-refractivity contribution is 0.226. The third kappa shape index (κ3) is 7.14. The molecule has 36 heavy (non-hydrogen) atoms. The Labute approximate surface area is 214 Å². The first kappa shape index (κ1) is 27.8. The summed E-state index contributed by atoms with van der Waals surface area (Å²) >= 11 is 5.73. The van der Waals surface area contributed by atoms with Crippen LogP contribution in [-0.4, -0.2) is 90.7 Å². The Morgan fingerprint density at radius 2 is 1.39 bits per heavy atom. The normalized spacial score (nSPS) is 20.9. The predicted molar refractivity (Wildman–Crippen MR) is 140 cm³/mol. The van der Waals surface area contributed by atoms with Crippen LogP contribution in [-0.2, 0) is 14.1 Å². The molecule has 0 unspecified atom stereocenters. The largest absolute Gasteiger partial charge is 0.360 e. The first-order valence-corrected chi connectivity index (χ1v) is 12.8. The smallest absolute Gasteiger partial charge is 0.344 e. The summed E-state index contributed by atoms with van der Waals surface area (Å²) < 4.78 is 2.31. The van der Waals surface area contributed by atoms with Crippen molar-refractivity contribution in [1.82, 2.24) is 39.3 Å². The molecule has 2 atom stereocenters. The first-order valence-electron chi connectivity index (χ1n) is 12.5. The van der Waals surface area contributed by atoms with Gasteiger partial charge in [-0.05, 0) is 63.5 Å². The lowest BCUT2D eigenvalue weighted by atomic mass is 10.1. The summed E-state index contributed by atoms with van der Waals surface area (Å²) in [5, 5.41) is 20.1. The Morgan fingerprint density at radius 3 is 1.94 bits per heavy atom. The fourth-order valence-electron chi connectivity index (χ4n) is 4.41. The summed E-state index contributed by atoms with van der Waals surface area (Å²) in [6.45, 7) is 10.4. The SMILES string of the molecule is CCN1CCC[C@@H](Nc2n[nH]c(=O)n(C)c2=O)C1.CCN1CCC[C@@H](Nc2nnc(Cl)n(C)c2=O)C1. The lowest BCUT2D eigenvalue weighted by Crippen LogP contribution is -2.44. The van der Waals surface area contributed by atoms with Crippen LogP contribution < -0.4 is 27.4 Å². The van der Waals surface area contributed by atoms with Gasteiger partial charge in [0, 0.05) is 39.3 Å². The zero-order valence-corrected chi connectivity index (χ0v) is 22.2. The number of rotatable bonds is 6. The van der Waals surface area contributed by atoms with E-state index in [1.54, 1.807) is 7.05 Å². The zero-order valence-electron chi connectivity index (χ0n) is 21.5. The molecule has 14 heteroatoms. The highest BCUT2D eigenvalue weighted by Crippen LogP contribution is 2.13. The van der Waals surface area contributed by atoms with E-state index in [4.69, 9.17) is 11.6 Å². The molecule has 200 valence electrons. The Balaban J connectivity index is 0.000000201. The summed E-state index contributed by atoms with van der Waals surface area (Å²) in [5.41, 5.74) is -1.11. The van der Waals surface area contributed by atoms with Gasteiger partial charge in [0.25, 0.3) is 11.1 Å². The molecule has 4 rings (SSSR count). The Bertz CT molecular complexity index is 1180. The number of hydrogen-bond acceptors (Lipinski definition) is 10. The average Bonchev–Trinajstić information content (AvgIpc) is 2.90. The monoisotopic (exact) mass is 524 g/mol. The van der Waals surface area contributed by atoms with Crippen LogP contribution in [0.1, 0.15) is 39.5 Å². The van der Waals surface area contributed by atoms with Crippen molar-refractivity contribution < 1.29 is 0 Å². The number of hydrogen-bond donors (Lipinski definition) is 3.